The minimum absolute atomic E-state index is 0.154. The molecule has 4 nitrogen and oxygen atoms in total. The molecule has 1 N–H and O–H groups in total. The maximum absolute atomic E-state index is 13.4. The van der Waals surface area contributed by atoms with Gasteiger partial charge in [-0.1, -0.05) is 18.2 Å². The largest absolute Gasteiger partial charge is 0.496 e. The molecule has 1 aromatic carbocycles. The Morgan fingerprint density at radius 2 is 2.04 bits per heavy atom. The molecule has 2 unspecified atom stereocenters. The summed E-state index contributed by atoms with van der Waals surface area (Å²) >= 11 is 0. The van der Waals surface area contributed by atoms with Crippen LogP contribution in [-0.2, 0) is 4.79 Å². The topological polar surface area (TPSA) is 41.6 Å². The molecule has 2 heterocycles. The van der Waals surface area contributed by atoms with Crippen molar-refractivity contribution in [3.05, 3.63) is 29.8 Å². The fourth-order valence-electron chi connectivity index (χ4n) is 4.20. The van der Waals surface area contributed by atoms with Gasteiger partial charge >= 0.3 is 0 Å². The third-order valence-electron chi connectivity index (χ3n) is 5.44. The lowest BCUT2D eigenvalue weighted by Crippen LogP contribution is -2.50. The Morgan fingerprint density at radius 1 is 1.30 bits per heavy atom. The first-order valence-electron chi connectivity index (χ1n) is 8.56. The van der Waals surface area contributed by atoms with E-state index in [1.54, 1.807) is 7.11 Å². The molecule has 2 saturated heterocycles. The number of carbonyl (C=O) groups is 1. The second-order valence-corrected chi connectivity index (χ2v) is 7.82. The molecule has 1 aromatic rings. The third kappa shape index (κ3) is 2.63. The molecule has 1 amide bonds. The van der Waals surface area contributed by atoms with Crippen LogP contribution in [0.2, 0.25) is 0 Å². The number of ether oxygens (including phenoxy) is 1. The summed E-state index contributed by atoms with van der Waals surface area (Å²) in [5.74, 6) is 1.37. The van der Waals surface area contributed by atoms with Crippen LogP contribution in [0.4, 0.5) is 0 Å². The summed E-state index contributed by atoms with van der Waals surface area (Å²) < 4.78 is 5.60. The number of benzene rings is 1. The van der Waals surface area contributed by atoms with Crippen molar-refractivity contribution in [3.8, 4) is 5.75 Å². The Balaban J connectivity index is 2.07. The van der Waals surface area contributed by atoms with Crippen LogP contribution in [0.1, 0.15) is 45.1 Å². The molecule has 0 bridgehead atoms. The fourth-order valence-corrected chi connectivity index (χ4v) is 4.20. The van der Waals surface area contributed by atoms with Crippen molar-refractivity contribution in [1.82, 2.24) is 10.2 Å². The number of nitrogens with one attached hydrogen (secondary N) is 1. The SMILES string of the molecule is COc1ccccc1C1CN(C(C)(C)C)C(=O)C12CCCNC2. The minimum Gasteiger partial charge on any atom is -0.496 e. The average Bonchev–Trinajstić information content (AvgIpc) is 2.81. The Hall–Kier alpha value is -1.55. The van der Waals surface area contributed by atoms with Gasteiger partial charge in [-0.2, -0.15) is 0 Å². The van der Waals surface area contributed by atoms with Crippen LogP contribution in [0.15, 0.2) is 24.3 Å². The smallest absolute Gasteiger partial charge is 0.231 e. The number of carbonyl (C=O) groups excluding carboxylic acids is 1. The summed E-state index contributed by atoms with van der Waals surface area (Å²) in [6.07, 6.45) is 2.00. The van der Waals surface area contributed by atoms with Gasteiger partial charge in [-0.3, -0.25) is 4.79 Å². The molecule has 0 aliphatic carbocycles. The number of hydrogen-bond donors (Lipinski definition) is 1. The molecule has 0 aromatic heterocycles. The van der Waals surface area contributed by atoms with Crippen LogP contribution < -0.4 is 10.1 Å². The van der Waals surface area contributed by atoms with Gasteiger partial charge in [0.1, 0.15) is 5.75 Å². The second kappa shape index (κ2) is 5.82. The van der Waals surface area contributed by atoms with Crippen molar-refractivity contribution < 1.29 is 9.53 Å². The number of piperidine rings is 1. The predicted molar refractivity (Wildman–Crippen MR) is 91.7 cm³/mol. The highest BCUT2D eigenvalue weighted by Crippen LogP contribution is 2.51. The first-order valence-corrected chi connectivity index (χ1v) is 8.56. The van der Waals surface area contributed by atoms with Gasteiger partial charge in [0.05, 0.1) is 12.5 Å². The molecule has 23 heavy (non-hydrogen) atoms. The van der Waals surface area contributed by atoms with Crippen molar-refractivity contribution in [2.24, 2.45) is 5.41 Å². The highest BCUT2D eigenvalue weighted by Gasteiger charge is 2.57. The molecular formula is C19H28N2O2. The summed E-state index contributed by atoms with van der Waals surface area (Å²) in [7, 11) is 1.71. The number of para-hydroxylation sites is 1. The second-order valence-electron chi connectivity index (χ2n) is 7.82. The number of amides is 1. The Kier molecular flexibility index (Phi) is 4.13. The minimum atomic E-state index is -0.333. The summed E-state index contributed by atoms with van der Waals surface area (Å²) in [4.78, 5) is 15.4. The van der Waals surface area contributed by atoms with Gasteiger partial charge in [-0.05, 0) is 46.2 Å². The van der Waals surface area contributed by atoms with E-state index in [2.05, 4.69) is 37.1 Å². The Labute approximate surface area is 139 Å². The summed E-state index contributed by atoms with van der Waals surface area (Å²) in [5, 5.41) is 3.47. The van der Waals surface area contributed by atoms with Crippen LogP contribution in [0.5, 0.6) is 5.75 Å². The lowest BCUT2D eigenvalue weighted by molar-refractivity contribution is -0.141. The zero-order valence-corrected chi connectivity index (χ0v) is 14.7. The number of likely N-dealkylation sites (tertiary alicyclic amines) is 1. The van der Waals surface area contributed by atoms with Gasteiger partial charge in [0.2, 0.25) is 5.91 Å². The van der Waals surface area contributed by atoms with Crippen LogP contribution in [0.25, 0.3) is 0 Å². The zero-order chi connectivity index (χ0) is 16.7. The van der Waals surface area contributed by atoms with Gasteiger partial charge in [-0.25, -0.2) is 0 Å². The average molecular weight is 316 g/mol. The van der Waals surface area contributed by atoms with Crippen molar-refractivity contribution >= 4 is 5.91 Å². The third-order valence-corrected chi connectivity index (χ3v) is 5.44. The van der Waals surface area contributed by atoms with E-state index < -0.39 is 0 Å². The normalized spacial score (nSPS) is 28.4. The van der Waals surface area contributed by atoms with E-state index in [4.69, 9.17) is 4.74 Å². The van der Waals surface area contributed by atoms with Gasteiger partial charge in [0.15, 0.2) is 0 Å². The lowest BCUT2D eigenvalue weighted by Gasteiger charge is -2.38. The Bertz CT molecular complexity index is 585. The molecule has 2 atom stereocenters. The van der Waals surface area contributed by atoms with Gasteiger partial charge in [0.25, 0.3) is 0 Å². The van der Waals surface area contributed by atoms with E-state index in [-0.39, 0.29) is 16.9 Å². The molecule has 4 heteroatoms. The number of nitrogens with zero attached hydrogens (tertiary/aromatic N) is 1. The summed E-state index contributed by atoms with van der Waals surface area (Å²) in [6, 6.07) is 8.17. The fraction of sp³-hybridized carbons (Fsp3) is 0.632. The number of hydrogen-bond acceptors (Lipinski definition) is 3. The van der Waals surface area contributed by atoms with E-state index in [1.807, 2.05) is 18.2 Å². The van der Waals surface area contributed by atoms with E-state index in [0.29, 0.717) is 5.91 Å². The van der Waals surface area contributed by atoms with Crippen LogP contribution in [-0.4, -0.2) is 43.1 Å². The molecule has 0 saturated carbocycles. The number of rotatable bonds is 2. The number of methoxy groups -OCH3 is 1. The molecular weight excluding hydrogens is 288 g/mol. The van der Waals surface area contributed by atoms with E-state index in [0.717, 1.165) is 38.2 Å². The molecule has 2 aliphatic heterocycles. The lowest BCUT2D eigenvalue weighted by atomic mass is 9.69. The molecule has 2 aliphatic rings. The first kappa shape index (κ1) is 16.3. The van der Waals surface area contributed by atoms with Crippen molar-refractivity contribution in [2.45, 2.75) is 45.1 Å². The summed E-state index contributed by atoms with van der Waals surface area (Å²) in [5.41, 5.74) is 0.678. The molecule has 1 spiro atoms. The van der Waals surface area contributed by atoms with Crippen LogP contribution in [0.3, 0.4) is 0 Å². The zero-order valence-electron chi connectivity index (χ0n) is 14.7. The van der Waals surface area contributed by atoms with Gasteiger partial charge in [0, 0.05) is 30.1 Å². The van der Waals surface area contributed by atoms with Crippen LogP contribution >= 0.6 is 0 Å². The Morgan fingerprint density at radius 3 is 2.65 bits per heavy atom. The van der Waals surface area contributed by atoms with Crippen molar-refractivity contribution in [3.63, 3.8) is 0 Å². The van der Waals surface area contributed by atoms with E-state index >= 15 is 0 Å². The van der Waals surface area contributed by atoms with E-state index in [9.17, 15) is 4.79 Å². The monoisotopic (exact) mass is 316 g/mol. The molecule has 0 radical (unpaired) electrons. The van der Waals surface area contributed by atoms with Crippen molar-refractivity contribution in [1.29, 1.82) is 0 Å². The first-order chi connectivity index (χ1) is 10.9. The van der Waals surface area contributed by atoms with E-state index in [1.165, 1.54) is 5.56 Å². The standard InChI is InChI=1S/C19H28N2O2/c1-18(2,3)21-12-15(14-8-5-6-9-16(14)23-4)19(17(21)22)10-7-11-20-13-19/h5-6,8-9,15,20H,7,10-13H2,1-4H3. The molecule has 2 fully saturated rings. The quantitative estimate of drug-likeness (QED) is 0.912. The predicted octanol–water partition coefficient (Wildman–Crippen LogP) is 2.79. The summed E-state index contributed by atoms with van der Waals surface area (Å²) in [6.45, 7) is 8.91. The highest BCUT2D eigenvalue weighted by atomic mass is 16.5. The molecule has 126 valence electrons. The van der Waals surface area contributed by atoms with Gasteiger partial charge in [-0.15, -0.1) is 0 Å². The maximum Gasteiger partial charge on any atom is 0.231 e. The molecule has 3 rings (SSSR count). The van der Waals surface area contributed by atoms with Crippen molar-refractivity contribution in [2.75, 3.05) is 26.7 Å². The highest BCUT2D eigenvalue weighted by molar-refractivity contribution is 5.88. The maximum atomic E-state index is 13.4. The van der Waals surface area contributed by atoms with Gasteiger partial charge < -0.3 is 15.0 Å². The van der Waals surface area contributed by atoms with Crippen LogP contribution in [0, 0.1) is 5.41 Å².